The van der Waals surface area contributed by atoms with Gasteiger partial charge in [0.05, 0.1) is 17.8 Å². The number of likely N-dealkylation sites (tertiary alicyclic amines) is 1. The van der Waals surface area contributed by atoms with E-state index in [9.17, 15) is 9.90 Å². The van der Waals surface area contributed by atoms with Gasteiger partial charge in [0.25, 0.3) is 0 Å². The first-order valence-corrected chi connectivity index (χ1v) is 9.58. The van der Waals surface area contributed by atoms with E-state index in [2.05, 4.69) is 18.9 Å². The molecule has 1 spiro atoms. The predicted molar refractivity (Wildman–Crippen MR) is 87.5 cm³/mol. The summed E-state index contributed by atoms with van der Waals surface area (Å²) in [6.45, 7) is 3.02. The molecule has 5 unspecified atom stereocenters. The Morgan fingerprint density at radius 1 is 1.38 bits per heavy atom. The van der Waals surface area contributed by atoms with Gasteiger partial charge in [0.2, 0.25) is 0 Å². The van der Waals surface area contributed by atoms with E-state index in [1.165, 1.54) is 0 Å². The molecule has 2 heterocycles. The Balaban J connectivity index is 1.71. The summed E-state index contributed by atoms with van der Waals surface area (Å²) < 4.78 is 12.2. The summed E-state index contributed by atoms with van der Waals surface area (Å²) in [5.74, 6) is 1.01. The second kappa shape index (κ2) is 4.81. The molecule has 3 aliphatic carbocycles. The van der Waals surface area contributed by atoms with Crippen molar-refractivity contribution in [1.82, 2.24) is 4.90 Å². The molecule has 5 heteroatoms. The van der Waals surface area contributed by atoms with Gasteiger partial charge < -0.3 is 19.5 Å². The van der Waals surface area contributed by atoms with E-state index in [1.54, 1.807) is 7.11 Å². The van der Waals surface area contributed by atoms with Gasteiger partial charge in [-0.3, -0.25) is 4.79 Å². The fraction of sp³-hybridized carbons (Fsp3) is 0.947. The molecular weight excluding hydrogens is 306 g/mol. The third kappa shape index (κ3) is 1.51. The van der Waals surface area contributed by atoms with E-state index < -0.39 is 17.1 Å². The topological polar surface area (TPSA) is 59.0 Å². The first kappa shape index (κ1) is 15.7. The maximum Gasteiger partial charge on any atom is 0.162 e. The number of piperidine rings is 1. The van der Waals surface area contributed by atoms with Crippen LogP contribution in [0.5, 0.6) is 0 Å². The Bertz CT molecular complexity index is 582. The van der Waals surface area contributed by atoms with E-state index in [0.717, 1.165) is 32.2 Å². The van der Waals surface area contributed by atoms with E-state index in [1.807, 2.05) is 0 Å². The van der Waals surface area contributed by atoms with Crippen LogP contribution in [0.2, 0.25) is 0 Å². The summed E-state index contributed by atoms with van der Waals surface area (Å²) in [4.78, 5) is 15.3. The highest BCUT2D eigenvalue weighted by Crippen LogP contribution is 2.70. The van der Waals surface area contributed by atoms with Crippen molar-refractivity contribution < 1.29 is 19.4 Å². The van der Waals surface area contributed by atoms with Crippen molar-refractivity contribution in [2.75, 3.05) is 20.7 Å². The lowest BCUT2D eigenvalue weighted by atomic mass is 9.41. The van der Waals surface area contributed by atoms with Gasteiger partial charge in [-0.25, -0.2) is 0 Å². The van der Waals surface area contributed by atoms with Gasteiger partial charge in [-0.15, -0.1) is 0 Å². The lowest BCUT2D eigenvalue weighted by molar-refractivity contribution is -0.266. The molecule has 0 aromatic rings. The third-order valence-corrected chi connectivity index (χ3v) is 8.45. The van der Waals surface area contributed by atoms with Crippen molar-refractivity contribution >= 4 is 5.78 Å². The molecule has 5 nitrogen and oxygen atoms in total. The Morgan fingerprint density at radius 3 is 2.92 bits per heavy atom. The molecule has 1 N–H and O–H groups in total. The minimum atomic E-state index is -0.815. The van der Waals surface area contributed by atoms with Crippen molar-refractivity contribution in [3.63, 3.8) is 0 Å². The monoisotopic (exact) mass is 335 g/mol. The number of carbonyl (C=O) groups is 1. The van der Waals surface area contributed by atoms with Crippen LogP contribution in [0.3, 0.4) is 0 Å². The lowest BCUT2D eigenvalue weighted by Gasteiger charge is -2.68. The first-order chi connectivity index (χ1) is 11.4. The standard InChI is InChI=1S/C19H29NO4/c1-10-8-12(21)17-18-6-7-20(2)14(19(10,18)22)9-11-4-5-13(23-3)16(24-17)15(11)18/h10-11,13-17,22H,4-9H2,1-3H3/t10-,11?,13?,14-,15?,16?,17+,18?,19-/m1/s1. The third-order valence-electron chi connectivity index (χ3n) is 8.45. The van der Waals surface area contributed by atoms with Gasteiger partial charge in [-0.1, -0.05) is 6.92 Å². The fourth-order valence-electron chi connectivity index (χ4n) is 7.58. The molecule has 5 fully saturated rings. The van der Waals surface area contributed by atoms with Crippen LogP contribution in [0, 0.1) is 23.2 Å². The Kier molecular flexibility index (Phi) is 3.16. The summed E-state index contributed by atoms with van der Waals surface area (Å²) in [6, 6.07) is 0.152. The van der Waals surface area contributed by atoms with Crippen molar-refractivity contribution in [3.05, 3.63) is 0 Å². The highest BCUT2D eigenvalue weighted by molar-refractivity contribution is 5.86. The maximum absolute atomic E-state index is 12.9. The zero-order valence-electron chi connectivity index (χ0n) is 14.9. The SMILES string of the molecule is COC1CCC2C[C@H]3N(C)CCC45C2C1O[C@H]4C(=O)C[C@@H](C)[C@@]35O. The summed E-state index contributed by atoms with van der Waals surface area (Å²) in [5.41, 5.74) is -1.21. The highest BCUT2D eigenvalue weighted by atomic mass is 16.6. The molecule has 0 aromatic carbocycles. The first-order valence-electron chi connectivity index (χ1n) is 9.58. The molecule has 0 amide bonds. The average Bonchev–Trinajstić information content (AvgIpc) is 2.91. The molecule has 24 heavy (non-hydrogen) atoms. The Morgan fingerprint density at radius 2 is 2.17 bits per heavy atom. The number of hydrogen-bond acceptors (Lipinski definition) is 5. The Labute approximate surface area is 143 Å². The number of methoxy groups -OCH3 is 1. The van der Waals surface area contributed by atoms with Gasteiger partial charge in [0, 0.05) is 30.9 Å². The molecule has 5 aliphatic rings. The van der Waals surface area contributed by atoms with Crippen LogP contribution < -0.4 is 0 Å². The van der Waals surface area contributed by atoms with E-state index in [-0.39, 0.29) is 35.9 Å². The van der Waals surface area contributed by atoms with Crippen molar-refractivity contribution in [2.45, 2.75) is 69.0 Å². The van der Waals surface area contributed by atoms with Crippen LogP contribution >= 0.6 is 0 Å². The number of rotatable bonds is 1. The van der Waals surface area contributed by atoms with Gasteiger partial charge in [0.1, 0.15) is 6.10 Å². The number of nitrogens with zero attached hydrogens (tertiary/aromatic N) is 1. The van der Waals surface area contributed by atoms with Gasteiger partial charge in [-0.2, -0.15) is 0 Å². The molecule has 2 aliphatic heterocycles. The van der Waals surface area contributed by atoms with E-state index >= 15 is 0 Å². The molecule has 2 bridgehead atoms. The molecule has 0 radical (unpaired) electrons. The number of ketones is 1. The molecule has 5 rings (SSSR count). The van der Waals surface area contributed by atoms with Crippen LogP contribution in [0.1, 0.15) is 39.0 Å². The van der Waals surface area contributed by atoms with Gasteiger partial charge in [0.15, 0.2) is 5.78 Å². The minimum Gasteiger partial charge on any atom is -0.387 e. The fourth-order valence-corrected chi connectivity index (χ4v) is 7.58. The summed E-state index contributed by atoms with van der Waals surface area (Å²) in [6.07, 6.45) is 4.08. The number of Topliss-reactive ketones (excluding diaryl/α,β-unsaturated/α-hetero) is 1. The Hall–Kier alpha value is -0.490. The quantitative estimate of drug-likeness (QED) is 0.781. The lowest BCUT2D eigenvalue weighted by Crippen LogP contribution is -2.79. The second-order valence-electron chi connectivity index (χ2n) is 9.04. The molecule has 9 atom stereocenters. The second-order valence-corrected chi connectivity index (χ2v) is 9.04. The number of likely N-dealkylation sites (N-methyl/N-ethyl adjacent to an activating group) is 1. The number of aliphatic hydroxyl groups is 1. The van der Waals surface area contributed by atoms with Crippen molar-refractivity contribution in [1.29, 1.82) is 0 Å². The molecular formula is C19H29NO4. The molecule has 0 aromatic heterocycles. The van der Waals surface area contributed by atoms with Crippen LogP contribution in [-0.2, 0) is 14.3 Å². The van der Waals surface area contributed by atoms with E-state index in [0.29, 0.717) is 12.3 Å². The minimum absolute atomic E-state index is 0.000205. The van der Waals surface area contributed by atoms with Crippen LogP contribution in [0.25, 0.3) is 0 Å². The van der Waals surface area contributed by atoms with Gasteiger partial charge in [-0.05, 0) is 51.1 Å². The molecule has 2 saturated heterocycles. The summed E-state index contributed by atoms with van der Waals surface area (Å²) in [7, 11) is 3.90. The van der Waals surface area contributed by atoms with Crippen molar-refractivity contribution in [2.24, 2.45) is 23.2 Å². The van der Waals surface area contributed by atoms with E-state index in [4.69, 9.17) is 9.47 Å². The van der Waals surface area contributed by atoms with Crippen LogP contribution in [0.15, 0.2) is 0 Å². The van der Waals surface area contributed by atoms with Gasteiger partial charge >= 0.3 is 0 Å². The zero-order valence-corrected chi connectivity index (χ0v) is 14.9. The van der Waals surface area contributed by atoms with Crippen LogP contribution in [0.4, 0.5) is 0 Å². The van der Waals surface area contributed by atoms with Crippen LogP contribution in [-0.4, -0.2) is 66.4 Å². The summed E-state index contributed by atoms with van der Waals surface area (Å²) >= 11 is 0. The molecule has 3 saturated carbocycles. The molecule has 134 valence electrons. The maximum atomic E-state index is 12.9. The summed E-state index contributed by atoms with van der Waals surface area (Å²) in [5, 5.41) is 12.1. The predicted octanol–water partition coefficient (Wildman–Crippen LogP) is 1.23. The average molecular weight is 335 g/mol. The number of ether oxygens (including phenoxy) is 2. The largest absolute Gasteiger partial charge is 0.387 e. The number of hydrogen-bond donors (Lipinski definition) is 1. The number of carbonyl (C=O) groups excluding carboxylic acids is 1. The highest BCUT2D eigenvalue weighted by Gasteiger charge is 2.79. The smallest absolute Gasteiger partial charge is 0.162 e. The van der Waals surface area contributed by atoms with Crippen molar-refractivity contribution in [3.8, 4) is 0 Å². The zero-order chi connectivity index (χ0) is 16.9. The normalized spacial score (nSPS) is 59.3.